The number of rotatable bonds is 5. The molecule has 132 valence electrons. The lowest BCUT2D eigenvalue weighted by atomic mass is 9.87. The van der Waals surface area contributed by atoms with Crippen LogP contribution in [0.2, 0.25) is 0 Å². The smallest absolute Gasteiger partial charge is 0.280 e. The first kappa shape index (κ1) is 19.2. The van der Waals surface area contributed by atoms with E-state index in [4.69, 9.17) is 4.74 Å². The Morgan fingerprint density at radius 1 is 1.20 bits per heavy atom. The van der Waals surface area contributed by atoms with Gasteiger partial charge in [-0.3, -0.25) is 4.79 Å². The molecule has 0 radical (unpaired) electrons. The van der Waals surface area contributed by atoms with Gasteiger partial charge in [-0.05, 0) is 47.7 Å². The van der Waals surface area contributed by atoms with Crippen molar-refractivity contribution in [3.05, 3.63) is 64.1 Å². The second-order valence-electron chi connectivity index (χ2n) is 6.82. The van der Waals surface area contributed by atoms with Crippen LogP contribution >= 0.6 is 15.9 Å². The highest BCUT2D eigenvalue weighted by atomic mass is 79.9. The number of nitrogens with zero attached hydrogens (tertiary/aromatic N) is 1. The number of ether oxygens (including phenoxy) is 1. The number of amides is 1. The molecule has 0 aliphatic heterocycles. The number of hydrogen-bond acceptors (Lipinski definition) is 3. The van der Waals surface area contributed by atoms with Crippen molar-refractivity contribution in [2.24, 2.45) is 5.10 Å². The molecule has 0 saturated carbocycles. The highest BCUT2D eigenvalue weighted by molar-refractivity contribution is 9.10. The Balaban J connectivity index is 1.89. The van der Waals surface area contributed by atoms with E-state index < -0.39 is 6.10 Å². The Labute approximate surface area is 157 Å². The van der Waals surface area contributed by atoms with Crippen molar-refractivity contribution in [2.75, 3.05) is 0 Å². The summed E-state index contributed by atoms with van der Waals surface area (Å²) in [5.41, 5.74) is 4.69. The maximum Gasteiger partial charge on any atom is 0.280 e. The fourth-order valence-electron chi connectivity index (χ4n) is 2.14. The van der Waals surface area contributed by atoms with E-state index >= 15 is 0 Å². The standard InChI is InChI=1S/C20H23BrN2O2/c1-14(25-18-10-8-16(9-11-18)20(2,3)4)19(24)23-22-13-15-6-5-7-17(21)12-15/h5-14H,1-4H3,(H,23,24)/b22-13+. The second kappa shape index (κ2) is 8.30. The summed E-state index contributed by atoms with van der Waals surface area (Å²) in [4.78, 5) is 12.1. The fraction of sp³-hybridized carbons (Fsp3) is 0.300. The zero-order chi connectivity index (χ0) is 18.4. The van der Waals surface area contributed by atoms with Crippen LogP contribution in [0.15, 0.2) is 58.1 Å². The van der Waals surface area contributed by atoms with Crippen molar-refractivity contribution < 1.29 is 9.53 Å². The predicted octanol–water partition coefficient (Wildman–Crippen LogP) is 4.66. The van der Waals surface area contributed by atoms with Crippen LogP contribution in [0.5, 0.6) is 5.75 Å². The number of carbonyl (C=O) groups excluding carboxylic acids is 1. The molecule has 0 fully saturated rings. The summed E-state index contributed by atoms with van der Waals surface area (Å²) in [5.74, 6) is 0.359. The third-order valence-corrected chi connectivity index (χ3v) is 4.13. The molecule has 0 saturated heterocycles. The molecule has 0 aromatic heterocycles. The number of nitrogens with one attached hydrogen (secondary N) is 1. The molecule has 0 aliphatic rings. The summed E-state index contributed by atoms with van der Waals surface area (Å²) < 4.78 is 6.63. The van der Waals surface area contributed by atoms with Crippen molar-refractivity contribution in [3.8, 4) is 5.75 Å². The van der Waals surface area contributed by atoms with Crippen molar-refractivity contribution >= 4 is 28.1 Å². The van der Waals surface area contributed by atoms with Crippen molar-refractivity contribution in [1.82, 2.24) is 5.43 Å². The van der Waals surface area contributed by atoms with Gasteiger partial charge in [0.15, 0.2) is 6.10 Å². The molecule has 0 bridgehead atoms. The Bertz CT molecular complexity index is 749. The fourth-order valence-corrected chi connectivity index (χ4v) is 2.56. The first-order chi connectivity index (χ1) is 11.8. The molecule has 1 unspecified atom stereocenters. The van der Waals surface area contributed by atoms with Gasteiger partial charge in [0.25, 0.3) is 5.91 Å². The predicted molar refractivity (Wildman–Crippen MR) is 105 cm³/mol. The minimum absolute atomic E-state index is 0.0860. The Morgan fingerprint density at radius 3 is 2.48 bits per heavy atom. The van der Waals surface area contributed by atoms with Gasteiger partial charge in [0.2, 0.25) is 0 Å². The van der Waals surface area contributed by atoms with Crippen LogP contribution in [0.3, 0.4) is 0 Å². The summed E-state index contributed by atoms with van der Waals surface area (Å²) in [6.45, 7) is 8.16. The minimum Gasteiger partial charge on any atom is -0.481 e. The average molecular weight is 403 g/mol. The molecule has 0 heterocycles. The zero-order valence-electron chi connectivity index (χ0n) is 14.9. The molecule has 4 nitrogen and oxygen atoms in total. The van der Waals surface area contributed by atoms with Crippen LogP contribution < -0.4 is 10.2 Å². The SMILES string of the molecule is CC(Oc1ccc(C(C)(C)C)cc1)C(=O)N/N=C/c1cccc(Br)c1. The number of carbonyl (C=O) groups is 1. The summed E-state index contributed by atoms with van der Waals surface area (Å²) in [6.07, 6.45) is 0.952. The second-order valence-corrected chi connectivity index (χ2v) is 7.74. The van der Waals surface area contributed by atoms with Gasteiger partial charge in [-0.2, -0.15) is 5.10 Å². The van der Waals surface area contributed by atoms with Crippen LogP contribution in [0, 0.1) is 0 Å². The molecule has 5 heteroatoms. The van der Waals surface area contributed by atoms with Crippen molar-refractivity contribution in [3.63, 3.8) is 0 Å². The molecule has 2 aromatic rings. The van der Waals surface area contributed by atoms with Crippen molar-refractivity contribution in [1.29, 1.82) is 0 Å². The van der Waals surface area contributed by atoms with Gasteiger partial charge >= 0.3 is 0 Å². The molecule has 1 amide bonds. The molecule has 0 aliphatic carbocycles. The van der Waals surface area contributed by atoms with Gasteiger partial charge in [0.1, 0.15) is 5.75 Å². The van der Waals surface area contributed by atoms with E-state index in [9.17, 15) is 4.79 Å². The third-order valence-electron chi connectivity index (χ3n) is 3.64. The Hall–Kier alpha value is -2.14. The van der Waals surface area contributed by atoms with Gasteiger partial charge in [0, 0.05) is 4.47 Å². The zero-order valence-corrected chi connectivity index (χ0v) is 16.5. The van der Waals surface area contributed by atoms with Crippen LogP contribution in [-0.4, -0.2) is 18.2 Å². The highest BCUT2D eigenvalue weighted by Gasteiger charge is 2.16. The monoisotopic (exact) mass is 402 g/mol. The van der Waals surface area contributed by atoms with Crippen molar-refractivity contribution in [2.45, 2.75) is 39.2 Å². The van der Waals surface area contributed by atoms with Gasteiger partial charge in [-0.15, -0.1) is 0 Å². The van der Waals surface area contributed by atoms with E-state index in [-0.39, 0.29) is 11.3 Å². The number of hydrazone groups is 1. The summed E-state index contributed by atoms with van der Waals surface area (Å²) in [5, 5.41) is 3.97. The van der Waals surface area contributed by atoms with E-state index in [1.165, 1.54) is 5.56 Å². The van der Waals surface area contributed by atoms with Gasteiger partial charge in [-0.25, -0.2) is 5.43 Å². The quantitative estimate of drug-likeness (QED) is 0.583. The Kier molecular flexibility index (Phi) is 6.37. The third kappa shape index (κ3) is 6.02. The molecular formula is C20H23BrN2O2. The van der Waals surface area contributed by atoms with E-state index in [0.29, 0.717) is 5.75 Å². The molecule has 0 spiro atoms. The van der Waals surface area contributed by atoms with Gasteiger partial charge in [0.05, 0.1) is 6.21 Å². The van der Waals surface area contributed by atoms with Gasteiger partial charge < -0.3 is 4.74 Å². The van der Waals surface area contributed by atoms with E-state index in [1.54, 1.807) is 13.1 Å². The number of hydrogen-bond donors (Lipinski definition) is 1. The van der Waals surface area contributed by atoms with E-state index in [1.807, 2.05) is 48.5 Å². The van der Waals surface area contributed by atoms with Gasteiger partial charge in [-0.1, -0.05) is 61.0 Å². The largest absolute Gasteiger partial charge is 0.481 e. The molecule has 2 aromatic carbocycles. The van der Waals surface area contributed by atoms with Crippen LogP contribution in [0.25, 0.3) is 0 Å². The molecule has 1 atom stereocenters. The average Bonchev–Trinajstić information content (AvgIpc) is 2.54. The summed E-state index contributed by atoms with van der Waals surface area (Å²) in [6, 6.07) is 15.4. The molecule has 2 rings (SSSR count). The summed E-state index contributed by atoms with van der Waals surface area (Å²) in [7, 11) is 0. The maximum atomic E-state index is 12.1. The summed E-state index contributed by atoms with van der Waals surface area (Å²) >= 11 is 3.39. The normalized spacial score (nSPS) is 12.8. The number of benzene rings is 2. The molecule has 1 N–H and O–H groups in total. The molecule has 25 heavy (non-hydrogen) atoms. The van der Waals surface area contributed by atoms with Crippen LogP contribution in [-0.2, 0) is 10.2 Å². The lowest BCUT2D eigenvalue weighted by molar-refractivity contribution is -0.127. The lowest BCUT2D eigenvalue weighted by Crippen LogP contribution is -2.33. The maximum absolute atomic E-state index is 12.1. The van der Waals surface area contributed by atoms with E-state index in [0.717, 1.165) is 10.0 Å². The topological polar surface area (TPSA) is 50.7 Å². The van der Waals surface area contributed by atoms with E-state index in [2.05, 4.69) is 47.2 Å². The molecular weight excluding hydrogens is 380 g/mol. The van der Waals surface area contributed by atoms with Crippen LogP contribution in [0.1, 0.15) is 38.8 Å². The minimum atomic E-state index is -0.639. The van der Waals surface area contributed by atoms with Crippen LogP contribution in [0.4, 0.5) is 0 Å². The highest BCUT2D eigenvalue weighted by Crippen LogP contribution is 2.24. The number of halogens is 1. The first-order valence-corrected chi connectivity index (χ1v) is 8.91. The first-order valence-electron chi connectivity index (χ1n) is 8.11. The lowest BCUT2D eigenvalue weighted by Gasteiger charge is -2.19. The Morgan fingerprint density at radius 2 is 1.88 bits per heavy atom.